The lowest BCUT2D eigenvalue weighted by molar-refractivity contribution is -0.883. The largest absolute Gasteiger partial charge is 0.305 e. The van der Waals surface area contributed by atoms with Crippen molar-refractivity contribution >= 4 is 12.6 Å². The molecule has 0 radical (unpaired) electrons. The van der Waals surface area contributed by atoms with Gasteiger partial charge in [0, 0.05) is 0 Å². The zero-order valence-corrected chi connectivity index (χ0v) is 6.07. The second-order valence-electron chi connectivity index (χ2n) is 3.09. The van der Waals surface area contributed by atoms with Crippen LogP contribution in [0.3, 0.4) is 0 Å². The minimum absolute atomic E-state index is 0.227. The summed E-state index contributed by atoms with van der Waals surface area (Å²) in [5.74, 6) is 0. The first-order valence-corrected chi connectivity index (χ1v) is 2.97. The second kappa shape index (κ2) is 1.92. The summed E-state index contributed by atoms with van der Waals surface area (Å²) in [6, 6.07) is 0. The van der Waals surface area contributed by atoms with Crippen LogP contribution in [0.4, 0.5) is 0 Å². The van der Waals surface area contributed by atoms with E-state index < -0.39 is 0 Å². The van der Waals surface area contributed by atoms with E-state index in [0.717, 1.165) is 4.48 Å². The predicted octanol–water partition coefficient (Wildman–Crippen LogP) is 0.131. The smallest absolute Gasteiger partial charge is 0.220 e. The van der Waals surface area contributed by atoms with Crippen LogP contribution in [0.2, 0.25) is 0 Å². The minimum Gasteiger partial charge on any atom is -0.305 e. The zero-order chi connectivity index (χ0) is 6.91. The average Bonchev–Trinajstić information content (AvgIpc) is 2.08. The summed E-state index contributed by atoms with van der Waals surface area (Å²) >= 11 is 0. The number of aliphatic imine (C=N–C) groups is 2. The SMILES string of the molecule is C[N+](C)(C)C1C=NC=N1. The Kier molecular flexibility index (Phi) is 1.37. The van der Waals surface area contributed by atoms with E-state index in [0.29, 0.717) is 0 Å². The molecule has 0 aromatic heterocycles. The van der Waals surface area contributed by atoms with Gasteiger partial charge in [-0.25, -0.2) is 9.98 Å². The Bertz CT molecular complexity index is 140. The van der Waals surface area contributed by atoms with E-state index in [1.165, 1.54) is 0 Å². The van der Waals surface area contributed by atoms with Crippen LogP contribution in [0, 0.1) is 0 Å². The van der Waals surface area contributed by atoms with Gasteiger partial charge in [-0.15, -0.1) is 0 Å². The van der Waals surface area contributed by atoms with Gasteiger partial charge < -0.3 is 4.48 Å². The van der Waals surface area contributed by atoms with Crippen molar-refractivity contribution in [1.29, 1.82) is 0 Å². The summed E-state index contributed by atoms with van der Waals surface area (Å²) in [5, 5.41) is 0. The Hall–Kier alpha value is -0.700. The lowest BCUT2D eigenvalue weighted by Gasteiger charge is -2.26. The molecule has 0 N–H and O–H groups in total. The lowest BCUT2D eigenvalue weighted by Crippen LogP contribution is -2.43. The Labute approximate surface area is 55.3 Å². The molecule has 1 rings (SSSR count). The molecular weight excluding hydrogens is 114 g/mol. The van der Waals surface area contributed by atoms with Gasteiger partial charge in [-0.05, 0) is 0 Å². The van der Waals surface area contributed by atoms with Crippen molar-refractivity contribution in [3.05, 3.63) is 0 Å². The van der Waals surface area contributed by atoms with Crippen LogP contribution in [0.1, 0.15) is 0 Å². The molecule has 0 bridgehead atoms. The van der Waals surface area contributed by atoms with E-state index in [9.17, 15) is 0 Å². The number of nitrogens with zero attached hydrogens (tertiary/aromatic N) is 3. The maximum Gasteiger partial charge on any atom is 0.220 e. The van der Waals surface area contributed by atoms with Crippen molar-refractivity contribution in [1.82, 2.24) is 0 Å². The summed E-state index contributed by atoms with van der Waals surface area (Å²) in [4.78, 5) is 8.03. The van der Waals surface area contributed by atoms with Crippen molar-refractivity contribution in [3.8, 4) is 0 Å². The molecule has 1 aliphatic rings. The van der Waals surface area contributed by atoms with Crippen molar-refractivity contribution in [2.24, 2.45) is 9.98 Å². The van der Waals surface area contributed by atoms with Gasteiger partial charge in [0.15, 0.2) is 0 Å². The molecule has 3 heteroatoms. The van der Waals surface area contributed by atoms with Gasteiger partial charge in [-0.2, -0.15) is 0 Å². The number of hydrogen-bond donors (Lipinski definition) is 0. The molecule has 1 atom stereocenters. The van der Waals surface area contributed by atoms with E-state index in [-0.39, 0.29) is 6.17 Å². The van der Waals surface area contributed by atoms with Crippen LogP contribution in [0.25, 0.3) is 0 Å². The summed E-state index contributed by atoms with van der Waals surface area (Å²) in [6.45, 7) is 0. The van der Waals surface area contributed by atoms with Crippen LogP contribution < -0.4 is 0 Å². The van der Waals surface area contributed by atoms with E-state index >= 15 is 0 Å². The molecule has 0 amide bonds. The number of rotatable bonds is 1. The molecule has 0 fully saturated rings. The first kappa shape index (κ1) is 6.42. The Morgan fingerprint density at radius 2 is 2.00 bits per heavy atom. The molecule has 1 unspecified atom stereocenters. The van der Waals surface area contributed by atoms with Crippen molar-refractivity contribution in [3.63, 3.8) is 0 Å². The van der Waals surface area contributed by atoms with Crippen LogP contribution in [-0.2, 0) is 0 Å². The number of quaternary nitrogens is 1. The first-order chi connectivity index (χ1) is 4.11. The fraction of sp³-hybridized carbons (Fsp3) is 0.667. The number of hydrogen-bond acceptors (Lipinski definition) is 2. The highest BCUT2D eigenvalue weighted by Crippen LogP contribution is 2.03. The molecule has 9 heavy (non-hydrogen) atoms. The molecule has 3 nitrogen and oxygen atoms in total. The predicted molar refractivity (Wildman–Crippen MR) is 38.8 cm³/mol. The molecule has 1 aliphatic heterocycles. The highest BCUT2D eigenvalue weighted by Gasteiger charge is 2.21. The van der Waals surface area contributed by atoms with E-state index in [1.807, 2.05) is 6.21 Å². The lowest BCUT2D eigenvalue weighted by atomic mass is 10.4. The molecule has 0 saturated heterocycles. The molecule has 0 spiro atoms. The Morgan fingerprint density at radius 3 is 2.22 bits per heavy atom. The van der Waals surface area contributed by atoms with Crippen LogP contribution in [0.5, 0.6) is 0 Å². The van der Waals surface area contributed by atoms with E-state index in [1.54, 1.807) is 6.34 Å². The normalized spacial score (nSPS) is 25.4. The van der Waals surface area contributed by atoms with Gasteiger partial charge >= 0.3 is 0 Å². The highest BCUT2D eigenvalue weighted by atomic mass is 15.4. The van der Waals surface area contributed by atoms with Crippen LogP contribution in [-0.4, -0.2) is 44.3 Å². The average molecular weight is 126 g/mol. The maximum atomic E-state index is 4.13. The molecule has 0 aromatic carbocycles. The quantitative estimate of drug-likeness (QED) is 0.446. The van der Waals surface area contributed by atoms with Crippen molar-refractivity contribution in [2.45, 2.75) is 6.17 Å². The summed E-state index contributed by atoms with van der Waals surface area (Å²) in [6.07, 6.45) is 3.69. The molecule has 0 aromatic rings. The first-order valence-electron chi connectivity index (χ1n) is 2.97. The van der Waals surface area contributed by atoms with E-state index in [2.05, 4.69) is 31.1 Å². The van der Waals surface area contributed by atoms with Crippen molar-refractivity contribution in [2.75, 3.05) is 21.1 Å². The van der Waals surface area contributed by atoms with Gasteiger partial charge in [0.1, 0.15) is 6.34 Å². The van der Waals surface area contributed by atoms with Gasteiger partial charge in [0.2, 0.25) is 6.17 Å². The molecular formula is C6H12N3+. The summed E-state index contributed by atoms with van der Waals surface area (Å²) in [5.41, 5.74) is 0. The van der Waals surface area contributed by atoms with Gasteiger partial charge in [0.05, 0.1) is 27.4 Å². The fourth-order valence-corrected chi connectivity index (χ4v) is 0.661. The monoisotopic (exact) mass is 126 g/mol. The third kappa shape index (κ3) is 1.36. The van der Waals surface area contributed by atoms with Gasteiger partial charge in [-0.1, -0.05) is 0 Å². The summed E-state index contributed by atoms with van der Waals surface area (Å²) < 4.78 is 0.819. The topological polar surface area (TPSA) is 24.7 Å². The van der Waals surface area contributed by atoms with E-state index in [4.69, 9.17) is 0 Å². The van der Waals surface area contributed by atoms with Crippen LogP contribution in [0.15, 0.2) is 9.98 Å². The summed E-state index contributed by atoms with van der Waals surface area (Å²) in [7, 11) is 6.29. The van der Waals surface area contributed by atoms with Crippen molar-refractivity contribution < 1.29 is 4.48 Å². The third-order valence-electron chi connectivity index (χ3n) is 1.30. The molecule has 0 aliphatic carbocycles. The zero-order valence-electron chi connectivity index (χ0n) is 6.07. The molecule has 1 heterocycles. The van der Waals surface area contributed by atoms with Gasteiger partial charge in [-0.3, -0.25) is 0 Å². The molecule has 50 valence electrons. The van der Waals surface area contributed by atoms with Gasteiger partial charge in [0.25, 0.3) is 0 Å². The third-order valence-corrected chi connectivity index (χ3v) is 1.30. The minimum atomic E-state index is 0.227. The highest BCUT2D eigenvalue weighted by molar-refractivity contribution is 5.80. The fourth-order valence-electron chi connectivity index (χ4n) is 0.661. The Morgan fingerprint density at radius 1 is 1.33 bits per heavy atom. The molecule has 0 saturated carbocycles. The standard InChI is InChI=1S/C6H12N3/c1-9(2,3)6-4-7-5-8-6/h4-6H,1-3H3/q+1. The second-order valence-corrected chi connectivity index (χ2v) is 3.09. The Balaban J connectivity index is 2.64. The maximum absolute atomic E-state index is 4.13. The van der Waals surface area contributed by atoms with Crippen LogP contribution >= 0.6 is 0 Å².